The molecule has 0 fully saturated rings. The number of nitrogens with zero attached hydrogens (tertiary/aromatic N) is 4. The Morgan fingerprint density at radius 3 is 2.77 bits per heavy atom. The van der Waals surface area contributed by atoms with Crippen molar-refractivity contribution in [2.24, 2.45) is 0 Å². The minimum absolute atomic E-state index is 0.488. The van der Waals surface area contributed by atoms with Crippen molar-refractivity contribution in [2.75, 3.05) is 0 Å². The first kappa shape index (κ1) is 7.85. The minimum Gasteiger partial charge on any atom is -0.288 e. The van der Waals surface area contributed by atoms with Crippen molar-refractivity contribution in [1.29, 1.82) is 0 Å². The molecule has 5 heteroatoms. The van der Waals surface area contributed by atoms with Crippen LogP contribution < -0.4 is 0 Å². The fraction of sp³-hybridized carbons (Fsp3) is 0.125. The van der Waals surface area contributed by atoms with Gasteiger partial charge in [-0.05, 0) is 6.92 Å². The zero-order valence-corrected chi connectivity index (χ0v) is 6.98. The fourth-order valence-electron chi connectivity index (χ4n) is 1.08. The lowest BCUT2D eigenvalue weighted by Gasteiger charge is -2.01. The largest absolute Gasteiger partial charge is 0.288 e. The molecule has 0 aliphatic carbocycles. The van der Waals surface area contributed by atoms with Gasteiger partial charge in [0.15, 0.2) is 0 Å². The molecule has 2 aromatic rings. The van der Waals surface area contributed by atoms with E-state index in [0.717, 1.165) is 5.82 Å². The average molecular weight is 178 g/mol. The van der Waals surface area contributed by atoms with Crippen LogP contribution >= 0.6 is 0 Å². The van der Waals surface area contributed by atoms with Crippen LogP contribution in [0, 0.1) is 12.9 Å². The van der Waals surface area contributed by atoms with Gasteiger partial charge in [-0.3, -0.25) is 4.57 Å². The maximum atomic E-state index is 12.7. The summed E-state index contributed by atoms with van der Waals surface area (Å²) in [6, 6.07) is 1.26. The summed E-state index contributed by atoms with van der Waals surface area (Å²) in [6.07, 6.45) is 4.54. The van der Waals surface area contributed by atoms with E-state index in [2.05, 4.69) is 15.0 Å². The van der Waals surface area contributed by atoms with Crippen LogP contribution in [0.25, 0.3) is 5.82 Å². The molecule has 0 aromatic carbocycles. The second-order valence-electron chi connectivity index (χ2n) is 2.54. The van der Waals surface area contributed by atoms with E-state index in [1.165, 1.54) is 12.4 Å². The molecule has 2 heterocycles. The smallest absolute Gasteiger partial charge is 0.218 e. The average Bonchev–Trinajstić information content (AvgIpc) is 2.51. The van der Waals surface area contributed by atoms with Gasteiger partial charge in [-0.1, -0.05) is 0 Å². The van der Waals surface area contributed by atoms with Crippen molar-refractivity contribution in [3.63, 3.8) is 0 Å². The second-order valence-corrected chi connectivity index (χ2v) is 2.54. The van der Waals surface area contributed by atoms with Crippen molar-refractivity contribution in [3.05, 3.63) is 36.6 Å². The minimum atomic E-state index is -0.543. The number of hydrogen-bond donors (Lipinski definition) is 0. The van der Waals surface area contributed by atoms with E-state index in [-0.39, 0.29) is 0 Å². The number of rotatable bonds is 1. The van der Waals surface area contributed by atoms with Crippen molar-refractivity contribution < 1.29 is 4.39 Å². The lowest BCUT2D eigenvalue weighted by molar-refractivity contribution is 0.577. The Kier molecular flexibility index (Phi) is 1.77. The van der Waals surface area contributed by atoms with Gasteiger partial charge in [0.1, 0.15) is 18.0 Å². The molecule has 13 heavy (non-hydrogen) atoms. The van der Waals surface area contributed by atoms with E-state index in [1.807, 2.05) is 6.92 Å². The molecule has 4 nitrogen and oxygen atoms in total. The maximum Gasteiger partial charge on any atom is 0.218 e. The van der Waals surface area contributed by atoms with Gasteiger partial charge < -0.3 is 0 Å². The van der Waals surface area contributed by atoms with Crippen LogP contribution in [-0.2, 0) is 0 Å². The Morgan fingerprint density at radius 2 is 2.15 bits per heavy atom. The van der Waals surface area contributed by atoms with E-state index in [4.69, 9.17) is 0 Å². The van der Waals surface area contributed by atoms with Gasteiger partial charge in [0.2, 0.25) is 5.95 Å². The Bertz CT molecular complexity index is 424. The van der Waals surface area contributed by atoms with Crippen molar-refractivity contribution in [3.8, 4) is 5.82 Å². The molecule has 0 saturated carbocycles. The first-order chi connectivity index (χ1) is 6.27. The molecule has 0 unspecified atom stereocenters. The number of aromatic nitrogens is 4. The van der Waals surface area contributed by atoms with Gasteiger partial charge in [-0.25, -0.2) is 15.0 Å². The first-order valence-electron chi connectivity index (χ1n) is 3.75. The zero-order chi connectivity index (χ0) is 9.26. The van der Waals surface area contributed by atoms with Crippen LogP contribution in [0.5, 0.6) is 0 Å². The van der Waals surface area contributed by atoms with Crippen molar-refractivity contribution in [2.45, 2.75) is 6.92 Å². The van der Waals surface area contributed by atoms with Gasteiger partial charge in [0, 0.05) is 18.5 Å². The Hall–Kier alpha value is -1.78. The standard InChI is InChI=1S/C8H7FN4/c1-6-10-2-3-13(6)8-4-7(9)11-5-12-8/h2-5H,1H3. The molecule has 0 amide bonds. The molecule has 2 rings (SSSR count). The third-order valence-corrected chi connectivity index (χ3v) is 1.69. The molecule has 0 aliphatic rings. The summed E-state index contributed by atoms with van der Waals surface area (Å²) in [5.74, 6) is 0.707. The van der Waals surface area contributed by atoms with E-state index >= 15 is 0 Å². The summed E-state index contributed by atoms with van der Waals surface area (Å²) in [4.78, 5) is 11.3. The van der Waals surface area contributed by atoms with Gasteiger partial charge >= 0.3 is 0 Å². The summed E-state index contributed by atoms with van der Waals surface area (Å²) in [7, 11) is 0. The van der Waals surface area contributed by atoms with E-state index in [0.29, 0.717) is 5.82 Å². The quantitative estimate of drug-likeness (QED) is 0.614. The van der Waals surface area contributed by atoms with Gasteiger partial charge in [-0.2, -0.15) is 4.39 Å². The van der Waals surface area contributed by atoms with Crippen LogP contribution in [0.4, 0.5) is 4.39 Å². The molecule has 0 bridgehead atoms. The zero-order valence-electron chi connectivity index (χ0n) is 6.98. The Labute approximate surface area is 74.1 Å². The molecule has 0 aliphatic heterocycles. The molecule has 66 valence electrons. The lowest BCUT2D eigenvalue weighted by atomic mass is 10.5. The molecule has 2 aromatic heterocycles. The Balaban J connectivity index is 2.53. The molecule has 0 atom stereocenters. The normalized spacial score (nSPS) is 10.3. The highest BCUT2D eigenvalue weighted by Gasteiger charge is 2.02. The highest BCUT2D eigenvalue weighted by Crippen LogP contribution is 2.06. The van der Waals surface area contributed by atoms with E-state index < -0.39 is 5.95 Å². The SMILES string of the molecule is Cc1nccn1-c1cc(F)ncn1. The number of imidazole rings is 1. The van der Waals surface area contributed by atoms with Crippen LogP contribution in [0.2, 0.25) is 0 Å². The van der Waals surface area contributed by atoms with Crippen LogP contribution in [0.15, 0.2) is 24.8 Å². The maximum absolute atomic E-state index is 12.7. The van der Waals surface area contributed by atoms with E-state index in [1.54, 1.807) is 17.0 Å². The number of halogens is 1. The third kappa shape index (κ3) is 1.40. The summed E-state index contributed by atoms with van der Waals surface area (Å²) in [5, 5.41) is 0. The van der Waals surface area contributed by atoms with Crippen molar-refractivity contribution >= 4 is 0 Å². The first-order valence-corrected chi connectivity index (χ1v) is 3.75. The molecular weight excluding hydrogens is 171 g/mol. The molecular formula is C8H7FN4. The van der Waals surface area contributed by atoms with Crippen LogP contribution in [0.3, 0.4) is 0 Å². The topological polar surface area (TPSA) is 43.6 Å². The highest BCUT2D eigenvalue weighted by atomic mass is 19.1. The van der Waals surface area contributed by atoms with Gasteiger partial charge in [0.25, 0.3) is 0 Å². The Morgan fingerprint density at radius 1 is 1.31 bits per heavy atom. The van der Waals surface area contributed by atoms with Gasteiger partial charge in [0.05, 0.1) is 0 Å². The van der Waals surface area contributed by atoms with E-state index in [9.17, 15) is 4.39 Å². The van der Waals surface area contributed by atoms with Crippen LogP contribution in [-0.4, -0.2) is 19.5 Å². The summed E-state index contributed by atoms with van der Waals surface area (Å²) in [5.41, 5.74) is 0. The molecule has 0 radical (unpaired) electrons. The third-order valence-electron chi connectivity index (χ3n) is 1.69. The lowest BCUT2D eigenvalue weighted by Crippen LogP contribution is -2.00. The highest BCUT2D eigenvalue weighted by molar-refractivity contribution is 5.21. The predicted octanol–water partition coefficient (Wildman–Crippen LogP) is 1.11. The number of aryl methyl sites for hydroxylation is 1. The summed E-state index contributed by atoms with van der Waals surface area (Å²) >= 11 is 0. The summed E-state index contributed by atoms with van der Waals surface area (Å²) in [6.45, 7) is 1.82. The van der Waals surface area contributed by atoms with Crippen molar-refractivity contribution in [1.82, 2.24) is 19.5 Å². The van der Waals surface area contributed by atoms with Gasteiger partial charge in [-0.15, -0.1) is 0 Å². The summed E-state index contributed by atoms with van der Waals surface area (Å²) < 4.78 is 14.4. The number of hydrogen-bond acceptors (Lipinski definition) is 3. The molecule has 0 N–H and O–H groups in total. The fourth-order valence-corrected chi connectivity index (χ4v) is 1.08. The molecule has 0 spiro atoms. The second kappa shape index (κ2) is 2.93. The molecule has 0 saturated heterocycles. The monoisotopic (exact) mass is 178 g/mol. The predicted molar refractivity (Wildman–Crippen MR) is 43.8 cm³/mol. The van der Waals surface area contributed by atoms with Crippen LogP contribution in [0.1, 0.15) is 5.82 Å².